The molecule has 2 rings (SSSR count). The number of benzene rings is 1. The lowest BCUT2D eigenvalue weighted by atomic mass is 9.83. The van der Waals surface area contributed by atoms with Crippen molar-refractivity contribution in [1.82, 2.24) is 5.32 Å². The van der Waals surface area contributed by atoms with Crippen molar-refractivity contribution in [3.05, 3.63) is 35.9 Å². The summed E-state index contributed by atoms with van der Waals surface area (Å²) in [6.45, 7) is 0. The number of carbonyl (C=O) groups is 1. The van der Waals surface area contributed by atoms with Crippen LogP contribution in [0.15, 0.2) is 30.3 Å². The van der Waals surface area contributed by atoms with E-state index < -0.39 is 0 Å². The van der Waals surface area contributed by atoms with E-state index in [0.717, 1.165) is 12.8 Å². The Bertz CT molecular complexity index is 441. The van der Waals surface area contributed by atoms with Gasteiger partial charge in [0.1, 0.15) is 0 Å². The van der Waals surface area contributed by atoms with Crippen LogP contribution in [0.1, 0.15) is 42.5 Å². The fourth-order valence-corrected chi connectivity index (χ4v) is 2.95. The molecule has 1 saturated carbocycles. The summed E-state index contributed by atoms with van der Waals surface area (Å²) in [6.07, 6.45) is 5.86. The van der Waals surface area contributed by atoms with Gasteiger partial charge in [0.05, 0.1) is 11.0 Å². The molecule has 1 atom stereocenters. The highest BCUT2D eigenvalue weighted by Gasteiger charge is 2.27. The topological polar surface area (TPSA) is 55.1 Å². The Morgan fingerprint density at radius 3 is 2.42 bits per heavy atom. The third kappa shape index (κ3) is 3.77. The Morgan fingerprint density at radius 2 is 1.84 bits per heavy atom. The summed E-state index contributed by atoms with van der Waals surface area (Å²) in [7, 11) is 0. The summed E-state index contributed by atoms with van der Waals surface area (Å²) in [5.41, 5.74) is 6.46. The molecule has 3 N–H and O–H groups in total. The minimum Gasteiger partial charge on any atom is -0.392 e. The molecule has 19 heavy (non-hydrogen) atoms. The Morgan fingerprint density at radius 1 is 1.21 bits per heavy atom. The summed E-state index contributed by atoms with van der Waals surface area (Å²) in [4.78, 5) is 12.6. The molecule has 1 aromatic rings. The summed E-state index contributed by atoms with van der Waals surface area (Å²) in [5.74, 6) is 0.294. The molecule has 0 aliphatic heterocycles. The zero-order chi connectivity index (χ0) is 13.7. The van der Waals surface area contributed by atoms with Crippen LogP contribution < -0.4 is 11.1 Å². The molecule has 0 heterocycles. The second kappa shape index (κ2) is 6.66. The number of thiocarbonyl (C=S) groups is 1. The van der Waals surface area contributed by atoms with Gasteiger partial charge in [-0.05, 0) is 30.9 Å². The first-order chi connectivity index (χ1) is 9.18. The number of hydrogen-bond acceptors (Lipinski definition) is 2. The quantitative estimate of drug-likeness (QED) is 0.831. The minimum absolute atomic E-state index is 0.0935. The van der Waals surface area contributed by atoms with E-state index in [9.17, 15) is 4.79 Å². The predicted molar refractivity (Wildman–Crippen MR) is 81.1 cm³/mol. The number of nitrogens with one attached hydrogen (secondary N) is 1. The predicted octanol–water partition coefficient (Wildman–Crippen LogP) is 2.65. The standard InChI is InChI=1S/C15H20N2OS/c16-14(19)13(11-7-3-1-4-8-11)17-15(18)12-9-5-2-6-10-12/h2,5-6,9-11,13H,1,3-4,7-8H2,(H2,16,19)(H,17,18). The van der Waals surface area contributed by atoms with Crippen LogP contribution in [0.5, 0.6) is 0 Å². The number of carbonyl (C=O) groups excluding carboxylic acids is 1. The van der Waals surface area contributed by atoms with Crippen molar-refractivity contribution in [2.75, 3.05) is 0 Å². The number of rotatable bonds is 4. The second-order valence-corrected chi connectivity index (χ2v) is 5.59. The van der Waals surface area contributed by atoms with E-state index in [2.05, 4.69) is 5.32 Å². The Hall–Kier alpha value is -1.42. The van der Waals surface area contributed by atoms with Crippen molar-refractivity contribution in [2.45, 2.75) is 38.1 Å². The van der Waals surface area contributed by atoms with Crippen molar-refractivity contribution in [2.24, 2.45) is 11.7 Å². The van der Waals surface area contributed by atoms with E-state index in [1.165, 1.54) is 19.3 Å². The number of hydrogen-bond donors (Lipinski definition) is 2. The van der Waals surface area contributed by atoms with Gasteiger partial charge < -0.3 is 11.1 Å². The van der Waals surface area contributed by atoms with Gasteiger partial charge in [-0.25, -0.2) is 0 Å². The van der Waals surface area contributed by atoms with Crippen LogP contribution in [0.4, 0.5) is 0 Å². The van der Waals surface area contributed by atoms with E-state index in [4.69, 9.17) is 18.0 Å². The second-order valence-electron chi connectivity index (χ2n) is 5.12. The van der Waals surface area contributed by atoms with E-state index >= 15 is 0 Å². The molecule has 0 aromatic heterocycles. The van der Waals surface area contributed by atoms with Crippen LogP contribution in [0, 0.1) is 5.92 Å². The number of amides is 1. The first-order valence-electron chi connectivity index (χ1n) is 6.83. The molecule has 0 radical (unpaired) electrons. The summed E-state index contributed by atoms with van der Waals surface area (Å²) in [5, 5.41) is 3.00. The van der Waals surface area contributed by atoms with E-state index in [-0.39, 0.29) is 11.9 Å². The normalized spacial score (nSPS) is 17.7. The molecule has 0 bridgehead atoms. The maximum Gasteiger partial charge on any atom is 0.251 e. The molecule has 0 saturated heterocycles. The van der Waals surface area contributed by atoms with Gasteiger partial charge in [-0.15, -0.1) is 0 Å². The van der Waals surface area contributed by atoms with Crippen molar-refractivity contribution in [3.63, 3.8) is 0 Å². The molecule has 1 aromatic carbocycles. The molecule has 1 unspecified atom stereocenters. The lowest BCUT2D eigenvalue weighted by molar-refractivity contribution is 0.0932. The molecule has 0 spiro atoms. The fourth-order valence-electron chi connectivity index (χ4n) is 2.70. The van der Waals surface area contributed by atoms with Crippen LogP contribution in [0.3, 0.4) is 0 Å². The lowest BCUT2D eigenvalue weighted by Gasteiger charge is -2.30. The first kappa shape index (κ1) is 14.0. The van der Waals surface area contributed by atoms with Crippen LogP contribution in [0.25, 0.3) is 0 Å². The van der Waals surface area contributed by atoms with Crippen LogP contribution >= 0.6 is 12.2 Å². The van der Waals surface area contributed by atoms with Gasteiger partial charge in [0, 0.05) is 5.56 Å². The Labute approximate surface area is 119 Å². The van der Waals surface area contributed by atoms with Crippen molar-refractivity contribution < 1.29 is 4.79 Å². The maximum atomic E-state index is 12.2. The molecule has 3 nitrogen and oxygen atoms in total. The molecular weight excluding hydrogens is 256 g/mol. The molecule has 1 amide bonds. The van der Waals surface area contributed by atoms with Gasteiger partial charge in [0.25, 0.3) is 5.91 Å². The average molecular weight is 276 g/mol. The van der Waals surface area contributed by atoms with Gasteiger partial charge in [0.15, 0.2) is 0 Å². The zero-order valence-electron chi connectivity index (χ0n) is 11.0. The van der Waals surface area contributed by atoms with Crippen LogP contribution in [-0.4, -0.2) is 16.9 Å². The lowest BCUT2D eigenvalue weighted by Crippen LogP contribution is -2.48. The highest BCUT2D eigenvalue weighted by Crippen LogP contribution is 2.26. The smallest absolute Gasteiger partial charge is 0.251 e. The highest BCUT2D eigenvalue weighted by atomic mass is 32.1. The Kier molecular flexibility index (Phi) is 4.91. The minimum atomic E-state index is -0.178. The van der Waals surface area contributed by atoms with Crippen LogP contribution in [-0.2, 0) is 0 Å². The van der Waals surface area contributed by atoms with Gasteiger partial charge in [-0.1, -0.05) is 49.7 Å². The van der Waals surface area contributed by atoms with Gasteiger partial charge >= 0.3 is 0 Å². The summed E-state index contributed by atoms with van der Waals surface area (Å²) in [6, 6.07) is 9.02. The van der Waals surface area contributed by atoms with Crippen molar-refractivity contribution in [3.8, 4) is 0 Å². The molecule has 4 heteroatoms. The van der Waals surface area contributed by atoms with E-state index in [0.29, 0.717) is 16.5 Å². The first-order valence-corrected chi connectivity index (χ1v) is 7.24. The zero-order valence-corrected chi connectivity index (χ0v) is 11.8. The molecule has 1 aliphatic rings. The van der Waals surface area contributed by atoms with Gasteiger partial charge in [-0.3, -0.25) is 4.79 Å². The number of nitrogens with two attached hydrogens (primary N) is 1. The third-order valence-electron chi connectivity index (χ3n) is 3.75. The molecule has 1 fully saturated rings. The molecular formula is C15H20N2OS. The third-order valence-corrected chi connectivity index (χ3v) is 4.00. The highest BCUT2D eigenvalue weighted by molar-refractivity contribution is 7.80. The average Bonchev–Trinajstić information content (AvgIpc) is 2.46. The largest absolute Gasteiger partial charge is 0.392 e. The summed E-state index contributed by atoms with van der Waals surface area (Å²) >= 11 is 5.13. The fraction of sp³-hybridized carbons (Fsp3) is 0.467. The van der Waals surface area contributed by atoms with Crippen LogP contribution in [0.2, 0.25) is 0 Å². The molecule has 1 aliphatic carbocycles. The SMILES string of the molecule is NC(=S)C(NC(=O)c1ccccc1)C1CCCCC1. The monoisotopic (exact) mass is 276 g/mol. The van der Waals surface area contributed by atoms with Crippen molar-refractivity contribution >= 4 is 23.1 Å². The van der Waals surface area contributed by atoms with E-state index in [1.54, 1.807) is 12.1 Å². The van der Waals surface area contributed by atoms with Crippen molar-refractivity contribution in [1.29, 1.82) is 0 Å². The van der Waals surface area contributed by atoms with Gasteiger partial charge in [0.2, 0.25) is 0 Å². The molecule has 102 valence electrons. The van der Waals surface area contributed by atoms with E-state index in [1.807, 2.05) is 18.2 Å². The van der Waals surface area contributed by atoms with Gasteiger partial charge in [-0.2, -0.15) is 0 Å². The summed E-state index contributed by atoms with van der Waals surface area (Å²) < 4.78 is 0. The maximum absolute atomic E-state index is 12.2. The Balaban J connectivity index is 2.04.